The van der Waals surface area contributed by atoms with E-state index in [0.29, 0.717) is 6.04 Å². The Morgan fingerprint density at radius 3 is 3.11 bits per heavy atom. The molecule has 0 saturated carbocycles. The zero-order chi connectivity index (χ0) is 13.1. The van der Waals surface area contributed by atoms with Gasteiger partial charge < -0.3 is 15.5 Å². The Balaban J connectivity index is 1.47. The number of nitrogens with zero attached hydrogens (tertiary/aromatic N) is 1. The van der Waals surface area contributed by atoms with Crippen LogP contribution in [-0.2, 0) is 12.8 Å². The molecular weight excluding hydrogens is 234 g/mol. The number of nitrogens with one attached hydrogen (secondary N) is 2. The van der Waals surface area contributed by atoms with Crippen LogP contribution >= 0.6 is 0 Å². The standard InChI is InChI=1S/C16H25N3/c1-19-10-9-18-16(12-19)7-8-17-15-6-5-13-3-2-4-14(13)11-15/h5-6,11,16-18H,2-4,7-10,12H2,1H3. The van der Waals surface area contributed by atoms with Crippen molar-refractivity contribution in [2.75, 3.05) is 38.5 Å². The van der Waals surface area contributed by atoms with Gasteiger partial charge in [0.1, 0.15) is 0 Å². The molecule has 1 saturated heterocycles. The fourth-order valence-electron chi connectivity index (χ4n) is 3.26. The zero-order valence-corrected chi connectivity index (χ0v) is 11.9. The number of fused-ring (bicyclic) bond motifs is 1. The predicted octanol–water partition coefficient (Wildman–Crippen LogP) is 1.88. The Bertz CT molecular complexity index is 430. The first-order valence-electron chi connectivity index (χ1n) is 7.59. The Morgan fingerprint density at radius 1 is 1.32 bits per heavy atom. The van der Waals surface area contributed by atoms with Gasteiger partial charge in [-0.3, -0.25) is 0 Å². The fourth-order valence-corrected chi connectivity index (χ4v) is 3.26. The highest BCUT2D eigenvalue weighted by atomic mass is 15.2. The second kappa shape index (κ2) is 5.93. The van der Waals surface area contributed by atoms with Crippen molar-refractivity contribution >= 4 is 5.69 Å². The van der Waals surface area contributed by atoms with E-state index >= 15 is 0 Å². The first-order valence-corrected chi connectivity index (χ1v) is 7.59. The summed E-state index contributed by atoms with van der Waals surface area (Å²) in [5.74, 6) is 0. The molecule has 1 aliphatic heterocycles. The van der Waals surface area contributed by atoms with Gasteiger partial charge in [0.2, 0.25) is 0 Å². The second-order valence-corrected chi connectivity index (χ2v) is 5.97. The molecule has 0 amide bonds. The highest BCUT2D eigenvalue weighted by Gasteiger charge is 2.15. The summed E-state index contributed by atoms with van der Waals surface area (Å²) < 4.78 is 0. The van der Waals surface area contributed by atoms with Crippen LogP contribution in [0, 0.1) is 0 Å². The van der Waals surface area contributed by atoms with E-state index in [9.17, 15) is 0 Å². The SMILES string of the molecule is CN1CCNC(CCNc2ccc3c(c2)CCC3)C1. The number of anilines is 1. The van der Waals surface area contributed by atoms with Crippen molar-refractivity contribution in [3.05, 3.63) is 29.3 Å². The quantitative estimate of drug-likeness (QED) is 0.864. The molecule has 104 valence electrons. The van der Waals surface area contributed by atoms with Gasteiger partial charge in [-0.15, -0.1) is 0 Å². The normalized spacial score (nSPS) is 23.3. The van der Waals surface area contributed by atoms with Crippen LogP contribution in [0.3, 0.4) is 0 Å². The molecule has 1 aromatic carbocycles. The molecule has 3 heteroatoms. The van der Waals surface area contributed by atoms with Crippen molar-refractivity contribution < 1.29 is 0 Å². The Morgan fingerprint density at radius 2 is 2.21 bits per heavy atom. The Kier molecular flexibility index (Phi) is 4.04. The summed E-state index contributed by atoms with van der Waals surface area (Å²) in [6, 6.07) is 7.53. The number of hydrogen-bond acceptors (Lipinski definition) is 3. The predicted molar refractivity (Wildman–Crippen MR) is 80.9 cm³/mol. The highest BCUT2D eigenvalue weighted by molar-refractivity contribution is 5.50. The molecule has 1 heterocycles. The maximum absolute atomic E-state index is 3.60. The summed E-state index contributed by atoms with van der Waals surface area (Å²) in [5, 5.41) is 7.17. The minimum Gasteiger partial charge on any atom is -0.385 e. The van der Waals surface area contributed by atoms with E-state index < -0.39 is 0 Å². The Hall–Kier alpha value is -1.06. The van der Waals surface area contributed by atoms with Crippen LogP contribution in [0.2, 0.25) is 0 Å². The van der Waals surface area contributed by atoms with E-state index in [4.69, 9.17) is 0 Å². The van der Waals surface area contributed by atoms with E-state index in [-0.39, 0.29) is 0 Å². The van der Waals surface area contributed by atoms with Crippen LogP contribution in [0.15, 0.2) is 18.2 Å². The van der Waals surface area contributed by atoms with Gasteiger partial charge in [-0.05, 0) is 56.0 Å². The molecule has 1 unspecified atom stereocenters. The van der Waals surface area contributed by atoms with Crippen molar-refractivity contribution in [1.29, 1.82) is 0 Å². The van der Waals surface area contributed by atoms with E-state index in [1.807, 2.05) is 0 Å². The van der Waals surface area contributed by atoms with E-state index in [2.05, 4.69) is 40.8 Å². The first kappa shape index (κ1) is 12.9. The number of likely N-dealkylation sites (N-methyl/N-ethyl adjacent to an activating group) is 1. The van der Waals surface area contributed by atoms with Gasteiger partial charge in [0.25, 0.3) is 0 Å². The van der Waals surface area contributed by atoms with E-state index in [0.717, 1.165) is 13.1 Å². The number of rotatable bonds is 4. The highest BCUT2D eigenvalue weighted by Crippen LogP contribution is 2.24. The zero-order valence-electron chi connectivity index (χ0n) is 11.9. The molecule has 1 atom stereocenters. The number of piperazine rings is 1. The maximum atomic E-state index is 3.60. The third-order valence-corrected chi connectivity index (χ3v) is 4.38. The largest absolute Gasteiger partial charge is 0.385 e. The summed E-state index contributed by atoms with van der Waals surface area (Å²) in [5.41, 5.74) is 4.41. The third-order valence-electron chi connectivity index (χ3n) is 4.38. The molecule has 19 heavy (non-hydrogen) atoms. The van der Waals surface area contributed by atoms with Gasteiger partial charge in [-0.1, -0.05) is 6.07 Å². The van der Waals surface area contributed by atoms with Gasteiger partial charge in [0.05, 0.1) is 0 Å². The molecule has 2 aliphatic rings. The van der Waals surface area contributed by atoms with E-state index in [1.165, 1.54) is 44.5 Å². The topological polar surface area (TPSA) is 27.3 Å². The summed E-state index contributed by atoms with van der Waals surface area (Å²) in [6.45, 7) is 4.53. The number of hydrogen-bond donors (Lipinski definition) is 2. The van der Waals surface area contributed by atoms with Crippen LogP contribution < -0.4 is 10.6 Å². The summed E-state index contributed by atoms with van der Waals surface area (Å²) in [4.78, 5) is 2.41. The lowest BCUT2D eigenvalue weighted by molar-refractivity contribution is 0.234. The van der Waals surface area contributed by atoms with Crippen molar-refractivity contribution in [2.45, 2.75) is 31.7 Å². The van der Waals surface area contributed by atoms with Gasteiger partial charge in [-0.2, -0.15) is 0 Å². The molecule has 1 fully saturated rings. The minimum absolute atomic E-state index is 0.640. The van der Waals surface area contributed by atoms with Gasteiger partial charge in [0, 0.05) is 37.9 Å². The summed E-state index contributed by atoms with van der Waals surface area (Å²) in [7, 11) is 2.21. The summed E-state index contributed by atoms with van der Waals surface area (Å²) in [6.07, 6.45) is 5.06. The Labute approximate surface area is 116 Å². The molecule has 1 aliphatic carbocycles. The molecule has 1 aromatic rings. The fraction of sp³-hybridized carbons (Fsp3) is 0.625. The molecule has 3 rings (SSSR count). The first-order chi connectivity index (χ1) is 9.31. The van der Waals surface area contributed by atoms with Gasteiger partial charge in [0.15, 0.2) is 0 Å². The van der Waals surface area contributed by atoms with Crippen LogP contribution in [0.25, 0.3) is 0 Å². The van der Waals surface area contributed by atoms with Crippen molar-refractivity contribution in [2.24, 2.45) is 0 Å². The van der Waals surface area contributed by atoms with Crippen molar-refractivity contribution in [3.8, 4) is 0 Å². The molecular formula is C16H25N3. The average Bonchev–Trinajstić information content (AvgIpc) is 2.86. The number of benzene rings is 1. The van der Waals surface area contributed by atoms with E-state index in [1.54, 1.807) is 11.1 Å². The lowest BCUT2D eigenvalue weighted by Gasteiger charge is -2.31. The summed E-state index contributed by atoms with van der Waals surface area (Å²) >= 11 is 0. The third kappa shape index (κ3) is 3.28. The smallest absolute Gasteiger partial charge is 0.0343 e. The molecule has 0 aromatic heterocycles. The maximum Gasteiger partial charge on any atom is 0.0343 e. The van der Waals surface area contributed by atoms with Crippen molar-refractivity contribution in [1.82, 2.24) is 10.2 Å². The molecule has 2 N–H and O–H groups in total. The second-order valence-electron chi connectivity index (χ2n) is 5.97. The monoisotopic (exact) mass is 259 g/mol. The molecule has 0 radical (unpaired) electrons. The average molecular weight is 259 g/mol. The lowest BCUT2D eigenvalue weighted by Crippen LogP contribution is -2.49. The minimum atomic E-state index is 0.640. The van der Waals surface area contributed by atoms with Crippen molar-refractivity contribution in [3.63, 3.8) is 0 Å². The van der Waals surface area contributed by atoms with Crippen LogP contribution in [0.4, 0.5) is 5.69 Å². The van der Waals surface area contributed by atoms with Crippen LogP contribution in [0.1, 0.15) is 24.0 Å². The molecule has 3 nitrogen and oxygen atoms in total. The van der Waals surface area contributed by atoms with Crippen LogP contribution in [0.5, 0.6) is 0 Å². The molecule has 0 bridgehead atoms. The molecule has 0 spiro atoms. The van der Waals surface area contributed by atoms with Gasteiger partial charge >= 0.3 is 0 Å². The number of aryl methyl sites for hydroxylation is 2. The van der Waals surface area contributed by atoms with Gasteiger partial charge in [-0.25, -0.2) is 0 Å². The lowest BCUT2D eigenvalue weighted by atomic mass is 10.1. The van der Waals surface area contributed by atoms with Crippen LogP contribution in [-0.4, -0.2) is 44.2 Å².